The molecule has 0 atom stereocenters. The molecule has 0 aromatic carbocycles. The van der Waals surface area contributed by atoms with Crippen LogP contribution in [0.25, 0.3) is 0 Å². The van der Waals surface area contributed by atoms with Crippen LogP contribution < -0.4 is 5.32 Å². The van der Waals surface area contributed by atoms with Crippen molar-refractivity contribution in [3.63, 3.8) is 0 Å². The van der Waals surface area contributed by atoms with E-state index >= 15 is 0 Å². The highest BCUT2D eigenvalue weighted by Crippen LogP contribution is 2.55. The molecule has 5 aliphatic rings. The summed E-state index contributed by atoms with van der Waals surface area (Å²) in [5.74, 6) is 2.90. The van der Waals surface area contributed by atoms with Crippen molar-refractivity contribution in [2.24, 2.45) is 23.7 Å². The molecule has 26 heavy (non-hydrogen) atoms. The number of rotatable bonds is 6. The Morgan fingerprint density at radius 2 is 1.58 bits per heavy atom. The molecular weight excluding hydrogens is 348 g/mol. The fourth-order valence-electron chi connectivity index (χ4n) is 6.48. The summed E-state index contributed by atoms with van der Waals surface area (Å²) in [5.41, 5.74) is 0.0656. The van der Waals surface area contributed by atoms with E-state index in [9.17, 15) is 13.2 Å². The molecule has 1 saturated heterocycles. The van der Waals surface area contributed by atoms with Crippen LogP contribution in [-0.4, -0.2) is 43.0 Å². The Kier molecular flexibility index (Phi) is 5.10. The van der Waals surface area contributed by atoms with E-state index in [2.05, 4.69) is 5.32 Å². The first kappa shape index (κ1) is 18.7. The lowest BCUT2D eigenvalue weighted by molar-refractivity contribution is -0.132. The highest BCUT2D eigenvalue weighted by Gasteiger charge is 2.52. The average molecular weight is 383 g/mol. The van der Waals surface area contributed by atoms with Crippen LogP contribution in [-0.2, 0) is 14.8 Å². The molecule has 5 nitrogen and oxygen atoms in total. The number of amides is 1. The summed E-state index contributed by atoms with van der Waals surface area (Å²) in [6.45, 7) is 3.02. The zero-order valence-electron chi connectivity index (χ0n) is 16.1. The molecule has 0 spiro atoms. The highest BCUT2D eigenvalue weighted by molar-refractivity contribution is 7.89. The number of sulfonamides is 1. The van der Waals surface area contributed by atoms with Crippen molar-refractivity contribution in [3.05, 3.63) is 0 Å². The van der Waals surface area contributed by atoms with Gasteiger partial charge in [-0.1, -0.05) is 13.3 Å². The largest absolute Gasteiger partial charge is 0.350 e. The molecule has 5 rings (SSSR count). The van der Waals surface area contributed by atoms with Gasteiger partial charge in [0.2, 0.25) is 15.9 Å². The summed E-state index contributed by atoms with van der Waals surface area (Å²) in [4.78, 5) is 12.9. The molecule has 0 aromatic heterocycles. The molecule has 4 bridgehead atoms. The summed E-state index contributed by atoms with van der Waals surface area (Å²) < 4.78 is 26.3. The van der Waals surface area contributed by atoms with Crippen LogP contribution in [0.15, 0.2) is 0 Å². The zero-order valence-corrected chi connectivity index (χ0v) is 16.9. The van der Waals surface area contributed by atoms with Gasteiger partial charge in [0.25, 0.3) is 0 Å². The topological polar surface area (TPSA) is 66.5 Å². The van der Waals surface area contributed by atoms with Gasteiger partial charge in [-0.2, -0.15) is 0 Å². The van der Waals surface area contributed by atoms with Crippen molar-refractivity contribution < 1.29 is 13.2 Å². The summed E-state index contributed by atoms with van der Waals surface area (Å²) >= 11 is 0. The molecule has 4 aliphatic carbocycles. The van der Waals surface area contributed by atoms with Gasteiger partial charge in [-0.05, 0) is 75.5 Å². The van der Waals surface area contributed by atoms with Crippen LogP contribution in [0.2, 0.25) is 0 Å². The summed E-state index contributed by atoms with van der Waals surface area (Å²) in [5, 5.41) is 3.48. The van der Waals surface area contributed by atoms with Gasteiger partial charge in [0, 0.05) is 24.5 Å². The predicted octanol–water partition coefficient (Wildman–Crippen LogP) is 2.91. The average Bonchev–Trinajstić information content (AvgIpc) is 2.58. The lowest BCUT2D eigenvalue weighted by Gasteiger charge is -2.57. The standard InChI is InChI=1S/C20H34N2O3S/c1-2-3-8-26(24,25)22-6-4-18(5-7-22)19(23)21-20-12-15-9-16(13-20)11-17(10-15)14-20/h15-18H,2-14H2,1H3,(H,21,23). The molecule has 0 radical (unpaired) electrons. The monoisotopic (exact) mass is 382 g/mol. The Balaban J connectivity index is 1.32. The van der Waals surface area contributed by atoms with E-state index in [0.29, 0.717) is 25.9 Å². The van der Waals surface area contributed by atoms with Crippen LogP contribution in [0.4, 0.5) is 0 Å². The lowest BCUT2D eigenvalue weighted by Crippen LogP contribution is -2.61. The number of nitrogens with zero attached hydrogens (tertiary/aromatic N) is 1. The fourth-order valence-corrected chi connectivity index (χ4v) is 8.16. The molecule has 1 aliphatic heterocycles. The van der Waals surface area contributed by atoms with Crippen LogP contribution in [0.5, 0.6) is 0 Å². The molecule has 148 valence electrons. The van der Waals surface area contributed by atoms with Crippen LogP contribution in [0.3, 0.4) is 0 Å². The van der Waals surface area contributed by atoms with E-state index in [4.69, 9.17) is 0 Å². The third-order valence-electron chi connectivity index (χ3n) is 7.40. The van der Waals surface area contributed by atoms with E-state index in [0.717, 1.165) is 30.6 Å². The number of unbranched alkanes of at least 4 members (excludes halogenated alkanes) is 1. The summed E-state index contributed by atoms with van der Waals surface area (Å²) in [6.07, 6.45) is 10.6. The van der Waals surface area contributed by atoms with Crippen molar-refractivity contribution >= 4 is 15.9 Å². The number of nitrogens with one attached hydrogen (secondary N) is 1. The minimum Gasteiger partial charge on any atom is -0.350 e. The molecular formula is C20H34N2O3S. The number of carbonyl (C=O) groups excluding carboxylic acids is 1. The van der Waals surface area contributed by atoms with Crippen molar-refractivity contribution in [1.29, 1.82) is 0 Å². The minimum absolute atomic E-state index is 0.0133. The number of piperidine rings is 1. The van der Waals surface area contributed by atoms with E-state index in [1.54, 1.807) is 4.31 Å². The molecule has 5 fully saturated rings. The Morgan fingerprint density at radius 1 is 1.04 bits per heavy atom. The third-order valence-corrected chi connectivity index (χ3v) is 9.36. The van der Waals surface area contributed by atoms with Gasteiger partial charge < -0.3 is 5.32 Å². The molecule has 1 N–H and O–H groups in total. The van der Waals surface area contributed by atoms with E-state index < -0.39 is 10.0 Å². The number of hydrogen-bond donors (Lipinski definition) is 1. The maximum Gasteiger partial charge on any atom is 0.223 e. The van der Waals surface area contributed by atoms with Gasteiger partial charge in [-0.15, -0.1) is 0 Å². The maximum absolute atomic E-state index is 12.9. The van der Waals surface area contributed by atoms with Gasteiger partial charge in [-0.3, -0.25) is 4.79 Å². The SMILES string of the molecule is CCCCS(=O)(=O)N1CCC(C(=O)NC23CC4CC(CC(C4)C2)C3)CC1. The van der Waals surface area contributed by atoms with Crippen molar-refractivity contribution in [3.8, 4) is 0 Å². The van der Waals surface area contributed by atoms with Crippen molar-refractivity contribution in [2.75, 3.05) is 18.8 Å². The van der Waals surface area contributed by atoms with Gasteiger partial charge in [0.05, 0.1) is 5.75 Å². The van der Waals surface area contributed by atoms with Crippen molar-refractivity contribution in [1.82, 2.24) is 9.62 Å². The van der Waals surface area contributed by atoms with Crippen LogP contribution in [0, 0.1) is 23.7 Å². The fraction of sp³-hybridized carbons (Fsp3) is 0.950. The molecule has 6 heteroatoms. The number of carbonyl (C=O) groups is 1. The minimum atomic E-state index is -3.14. The second-order valence-corrected chi connectivity index (χ2v) is 11.6. The van der Waals surface area contributed by atoms with E-state index in [1.165, 1.54) is 38.5 Å². The Labute approximate surface area is 158 Å². The molecule has 0 aromatic rings. The van der Waals surface area contributed by atoms with Gasteiger partial charge >= 0.3 is 0 Å². The summed E-state index contributed by atoms with van der Waals surface area (Å²) in [7, 11) is -3.14. The Morgan fingerprint density at radius 3 is 2.08 bits per heavy atom. The second kappa shape index (κ2) is 7.08. The highest BCUT2D eigenvalue weighted by atomic mass is 32.2. The Hall–Kier alpha value is -0.620. The molecule has 1 heterocycles. The van der Waals surface area contributed by atoms with E-state index in [1.807, 2.05) is 6.92 Å². The molecule has 1 amide bonds. The quantitative estimate of drug-likeness (QED) is 0.768. The van der Waals surface area contributed by atoms with E-state index in [-0.39, 0.29) is 23.1 Å². The third kappa shape index (κ3) is 3.68. The second-order valence-electron chi connectivity index (χ2n) is 9.53. The zero-order chi connectivity index (χ0) is 18.4. The Bertz CT molecular complexity index is 602. The normalized spacial score (nSPS) is 37.8. The first-order valence-corrected chi connectivity index (χ1v) is 12.3. The van der Waals surface area contributed by atoms with Gasteiger partial charge in [0.15, 0.2) is 0 Å². The predicted molar refractivity (Wildman–Crippen MR) is 102 cm³/mol. The van der Waals surface area contributed by atoms with Gasteiger partial charge in [-0.25, -0.2) is 12.7 Å². The molecule has 4 saturated carbocycles. The van der Waals surface area contributed by atoms with Crippen molar-refractivity contribution in [2.45, 2.75) is 76.7 Å². The maximum atomic E-state index is 12.9. The molecule has 0 unspecified atom stereocenters. The smallest absolute Gasteiger partial charge is 0.223 e. The van der Waals surface area contributed by atoms with Crippen LogP contribution in [0.1, 0.15) is 71.1 Å². The lowest BCUT2D eigenvalue weighted by atomic mass is 9.53. The first-order chi connectivity index (χ1) is 12.4. The summed E-state index contributed by atoms with van der Waals surface area (Å²) in [6, 6.07) is 0. The first-order valence-electron chi connectivity index (χ1n) is 10.7. The van der Waals surface area contributed by atoms with Gasteiger partial charge in [0.1, 0.15) is 0 Å². The van der Waals surface area contributed by atoms with Crippen LogP contribution >= 0.6 is 0 Å². The number of hydrogen-bond acceptors (Lipinski definition) is 3.